The summed E-state index contributed by atoms with van der Waals surface area (Å²) in [4.78, 5) is 9.58. The topological polar surface area (TPSA) is 12.9 Å². The zero-order valence-electron chi connectivity index (χ0n) is 14.2. The lowest BCUT2D eigenvalue weighted by Crippen LogP contribution is -2.16. The Bertz CT molecular complexity index is 889. The first kappa shape index (κ1) is 15.1. The van der Waals surface area contributed by atoms with Gasteiger partial charge in [-0.25, -0.2) is 4.98 Å². The fourth-order valence-electron chi connectivity index (χ4n) is 4.57. The maximum absolute atomic E-state index is 5.18. The van der Waals surface area contributed by atoms with E-state index in [1.807, 2.05) is 22.7 Å². The van der Waals surface area contributed by atoms with E-state index in [9.17, 15) is 0 Å². The molecule has 0 aromatic carbocycles. The number of nitrogens with zero attached hydrogens (tertiary/aromatic N) is 1. The Balaban J connectivity index is 1.83. The minimum absolute atomic E-state index is 0.838. The van der Waals surface area contributed by atoms with Gasteiger partial charge in [-0.3, -0.25) is 0 Å². The van der Waals surface area contributed by atoms with Gasteiger partial charge in [0.25, 0.3) is 0 Å². The Morgan fingerprint density at radius 1 is 1.17 bits per heavy atom. The molecular weight excluding hydrogens is 330 g/mol. The molecule has 2 aliphatic carbocycles. The van der Waals surface area contributed by atoms with E-state index in [-0.39, 0.29) is 0 Å². The molecule has 0 radical (unpaired) electrons. The van der Waals surface area contributed by atoms with Crippen molar-refractivity contribution in [1.82, 2.24) is 4.98 Å². The van der Waals surface area contributed by atoms with Crippen molar-refractivity contribution in [3.8, 4) is 10.4 Å². The second kappa shape index (κ2) is 5.96. The minimum Gasteiger partial charge on any atom is -0.242 e. The van der Waals surface area contributed by atoms with Gasteiger partial charge >= 0.3 is 0 Å². The normalized spacial score (nSPS) is 20.1. The zero-order chi connectivity index (χ0) is 16.1. The third-order valence-electron chi connectivity index (χ3n) is 5.92. The number of pyridine rings is 1. The Labute approximate surface area is 151 Å². The molecule has 3 aromatic heterocycles. The Morgan fingerprint density at radius 3 is 2.92 bits per heavy atom. The molecule has 0 fully saturated rings. The van der Waals surface area contributed by atoms with Gasteiger partial charge in [0.15, 0.2) is 0 Å². The quantitative estimate of drug-likeness (QED) is 0.518. The first-order valence-corrected chi connectivity index (χ1v) is 11.0. The molecule has 0 aliphatic heterocycles. The second-order valence-electron chi connectivity index (χ2n) is 7.30. The molecule has 1 nitrogen and oxygen atoms in total. The highest BCUT2D eigenvalue weighted by molar-refractivity contribution is 7.19. The molecule has 0 bridgehead atoms. The SMILES string of the molecule is CC[C@H]1CCc2nc3sc4c(c3c(-c3cccs3)c2C1)CCCC4. The maximum Gasteiger partial charge on any atom is 0.124 e. The van der Waals surface area contributed by atoms with Crippen LogP contribution in [0.5, 0.6) is 0 Å². The van der Waals surface area contributed by atoms with Crippen LogP contribution < -0.4 is 0 Å². The van der Waals surface area contributed by atoms with Gasteiger partial charge in [-0.05, 0) is 73.4 Å². The molecular formula is C21H23NS2. The highest BCUT2D eigenvalue weighted by atomic mass is 32.1. The molecule has 3 heterocycles. The maximum atomic E-state index is 5.18. The average Bonchev–Trinajstić information content (AvgIpc) is 3.27. The molecule has 0 spiro atoms. The van der Waals surface area contributed by atoms with Crippen LogP contribution in [0.1, 0.15) is 54.3 Å². The number of aromatic nitrogens is 1. The van der Waals surface area contributed by atoms with Crippen LogP contribution in [-0.4, -0.2) is 4.98 Å². The molecule has 124 valence electrons. The Morgan fingerprint density at radius 2 is 2.08 bits per heavy atom. The molecule has 0 amide bonds. The molecule has 1 atom stereocenters. The number of rotatable bonds is 2. The van der Waals surface area contributed by atoms with Crippen molar-refractivity contribution in [2.45, 2.75) is 58.3 Å². The lowest BCUT2D eigenvalue weighted by Gasteiger charge is -2.26. The predicted molar refractivity (Wildman–Crippen MR) is 105 cm³/mol. The number of fused-ring (bicyclic) bond motifs is 4. The molecule has 2 aliphatic rings. The number of hydrogen-bond donors (Lipinski definition) is 0. The Hall–Kier alpha value is -1.19. The fourth-order valence-corrected chi connectivity index (χ4v) is 6.67. The van der Waals surface area contributed by atoms with Gasteiger partial charge in [0.05, 0.1) is 0 Å². The standard InChI is InChI=1S/C21H23NS2/c1-2-13-9-10-16-15(12-13)19(18-8-5-11-23-18)20-14-6-3-4-7-17(14)24-21(20)22-16/h5,8,11,13H,2-4,6-7,9-10,12H2,1H3/t13-/m0/s1. The van der Waals surface area contributed by atoms with Gasteiger partial charge in [0.1, 0.15) is 4.83 Å². The van der Waals surface area contributed by atoms with Crippen LogP contribution in [0.4, 0.5) is 0 Å². The summed E-state index contributed by atoms with van der Waals surface area (Å²) < 4.78 is 0. The smallest absolute Gasteiger partial charge is 0.124 e. The van der Waals surface area contributed by atoms with E-state index in [2.05, 4.69) is 24.4 Å². The minimum atomic E-state index is 0.838. The number of thiophene rings is 2. The second-order valence-corrected chi connectivity index (χ2v) is 9.33. The fraction of sp³-hybridized carbons (Fsp3) is 0.476. The van der Waals surface area contributed by atoms with Gasteiger partial charge in [0, 0.05) is 26.4 Å². The number of aryl methyl sites for hydroxylation is 3. The van der Waals surface area contributed by atoms with Crippen LogP contribution in [0, 0.1) is 5.92 Å². The van der Waals surface area contributed by atoms with Gasteiger partial charge in [-0.2, -0.15) is 0 Å². The van der Waals surface area contributed by atoms with Crippen LogP contribution in [0.25, 0.3) is 20.7 Å². The predicted octanol–water partition coefficient (Wildman–Crippen LogP) is 6.42. The van der Waals surface area contributed by atoms with E-state index in [1.54, 1.807) is 21.6 Å². The third kappa shape index (κ3) is 2.28. The van der Waals surface area contributed by atoms with Crippen LogP contribution in [-0.2, 0) is 25.7 Å². The molecule has 0 saturated carbocycles. The van der Waals surface area contributed by atoms with Crippen molar-refractivity contribution in [2.75, 3.05) is 0 Å². The van der Waals surface area contributed by atoms with E-state index in [4.69, 9.17) is 4.98 Å². The largest absolute Gasteiger partial charge is 0.242 e. The third-order valence-corrected chi connectivity index (χ3v) is 7.99. The summed E-state index contributed by atoms with van der Waals surface area (Å²) in [5.74, 6) is 0.838. The zero-order valence-corrected chi connectivity index (χ0v) is 15.9. The Kier molecular flexibility index (Phi) is 3.75. The molecule has 24 heavy (non-hydrogen) atoms. The lowest BCUT2D eigenvalue weighted by molar-refractivity contribution is 0.441. The summed E-state index contributed by atoms with van der Waals surface area (Å²) in [6.07, 6.45) is 10.2. The first-order valence-electron chi connectivity index (χ1n) is 9.35. The van der Waals surface area contributed by atoms with E-state index in [0.717, 1.165) is 5.92 Å². The summed E-state index contributed by atoms with van der Waals surface area (Å²) in [6.45, 7) is 2.35. The summed E-state index contributed by atoms with van der Waals surface area (Å²) in [7, 11) is 0. The average molecular weight is 354 g/mol. The van der Waals surface area contributed by atoms with Gasteiger partial charge in [-0.15, -0.1) is 22.7 Å². The summed E-state index contributed by atoms with van der Waals surface area (Å²) in [5.41, 5.74) is 6.17. The lowest BCUT2D eigenvalue weighted by atomic mass is 9.81. The van der Waals surface area contributed by atoms with Crippen molar-refractivity contribution in [1.29, 1.82) is 0 Å². The van der Waals surface area contributed by atoms with Crippen LogP contribution >= 0.6 is 22.7 Å². The van der Waals surface area contributed by atoms with Crippen molar-refractivity contribution in [3.63, 3.8) is 0 Å². The van der Waals surface area contributed by atoms with Crippen molar-refractivity contribution >= 4 is 32.9 Å². The van der Waals surface area contributed by atoms with E-state index in [0.29, 0.717) is 0 Å². The van der Waals surface area contributed by atoms with E-state index in [1.165, 1.54) is 72.2 Å². The summed E-state index contributed by atoms with van der Waals surface area (Å²) >= 11 is 3.89. The highest BCUT2D eigenvalue weighted by Crippen LogP contribution is 2.46. The molecule has 0 N–H and O–H groups in total. The van der Waals surface area contributed by atoms with Crippen LogP contribution in [0.3, 0.4) is 0 Å². The highest BCUT2D eigenvalue weighted by Gasteiger charge is 2.28. The van der Waals surface area contributed by atoms with Gasteiger partial charge in [0.2, 0.25) is 0 Å². The van der Waals surface area contributed by atoms with Crippen molar-refractivity contribution in [2.24, 2.45) is 5.92 Å². The summed E-state index contributed by atoms with van der Waals surface area (Å²) in [5, 5.41) is 3.75. The summed E-state index contributed by atoms with van der Waals surface area (Å²) in [6, 6.07) is 4.53. The number of hydrogen-bond acceptors (Lipinski definition) is 3. The van der Waals surface area contributed by atoms with Crippen molar-refractivity contribution in [3.05, 3.63) is 39.2 Å². The van der Waals surface area contributed by atoms with E-state index >= 15 is 0 Å². The molecule has 3 heteroatoms. The molecule has 0 saturated heterocycles. The van der Waals surface area contributed by atoms with Crippen LogP contribution in [0.15, 0.2) is 17.5 Å². The molecule has 3 aromatic rings. The van der Waals surface area contributed by atoms with Crippen LogP contribution in [0.2, 0.25) is 0 Å². The van der Waals surface area contributed by atoms with E-state index < -0.39 is 0 Å². The monoisotopic (exact) mass is 353 g/mol. The van der Waals surface area contributed by atoms with Crippen molar-refractivity contribution < 1.29 is 0 Å². The van der Waals surface area contributed by atoms with Gasteiger partial charge < -0.3 is 0 Å². The molecule has 5 rings (SSSR count). The first-order chi connectivity index (χ1) is 11.8. The van der Waals surface area contributed by atoms with Gasteiger partial charge in [-0.1, -0.05) is 19.4 Å². The molecule has 0 unspecified atom stereocenters.